The molecule has 0 bridgehead atoms. The second-order valence-electron chi connectivity index (χ2n) is 5.84. The highest BCUT2D eigenvalue weighted by atomic mass is 32.2. The smallest absolute Gasteiger partial charge is 0.337 e. The highest BCUT2D eigenvalue weighted by Gasteiger charge is 2.21. The zero-order valence-electron chi connectivity index (χ0n) is 14.4. The van der Waals surface area contributed by atoms with Crippen LogP contribution in [-0.2, 0) is 19.6 Å². The van der Waals surface area contributed by atoms with Gasteiger partial charge in [-0.05, 0) is 30.5 Å². The van der Waals surface area contributed by atoms with Crippen LogP contribution in [0.5, 0.6) is 0 Å². The lowest BCUT2D eigenvalue weighted by Crippen LogP contribution is -2.40. The van der Waals surface area contributed by atoms with Gasteiger partial charge in [0, 0.05) is 6.54 Å². The van der Waals surface area contributed by atoms with Gasteiger partial charge in [-0.3, -0.25) is 9.10 Å². The number of ether oxygens (including phenoxy) is 1. The molecular formula is C16H24N2O5S. The second-order valence-corrected chi connectivity index (χ2v) is 7.75. The SMILES string of the molecule is COC(=O)c1cccc(N(CC(=O)NCCC(C)C)S(C)(=O)=O)c1. The third-order valence-electron chi connectivity index (χ3n) is 3.29. The number of hydrogen-bond acceptors (Lipinski definition) is 5. The molecule has 1 amide bonds. The first kappa shape index (κ1) is 20.0. The first-order valence-corrected chi connectivity index (χ1v) is 9.42. The van der Waals surface area contributed by atoms with Gasteiger partial charge >= 0.3 is 5.97 Å². The van der Waals surface area contributed by atoms with Crippen molar-refractivity contribution in [3.05, 3.63) is 29.8 Å². The maximum atomic E-state index is 12.0. The molecule has 1 rings (SSSR count). The van der Waals surface area contributed by atoms with Crippen molar-refractivity contribution in [2.45, 2.75) is 20.3 Å². The first-order chi connectivity index (χ1) is 11.1. The van der Waals surface area contributed by atoms with E-state index >= 15 is 0 Å². The van der Waals surface area contributed by atoms with Crippen molar-refractivity contribution in [2.75, 3.05) is 30.8 Å². The zero-order valence-corrected chi connectivity index (χ0v) is 15.2. The molecule has 0 unspecified atom stereocenters. The average Bonchev–Trinajstić information content (AvgIpc) is 2.50. The van der Waals surface area contributed by atoms with Crippen molar-refractivity contribution in [3.63, 3.8) is 0 Å². The van der Waals surface area contributed by atoms with Crippen molar-refractivity contribution in [1.82, 2.24) is 5.32 Å². The number of benzene rings is 1. The topological polar surface area (TPSA) is 92.8 Å². The minimum Gasteiger partial charge on any atom is -0.465 e. The summed E-state index contributed by atoms with van der Waals surface area (Å²) in [6, 6.07) is 5.96. The van der Waals surface area contributed by atoms with Crippen molar-refractivity contribution in [2.24, 2.45) is 5.92 Å². The molecule has 1 aromatic carbocycles. The second kappa shape index (κ2) is 8.68. The Bertz CT molecular complexity index is 685. The van der Waals surface area contributed by atoms with Gasteiger partial charge in [0.05, 0.1) is 24.6 Å². The molecule has 0 aliphatic carbocycles. The summed E-state index contributed by atoms with van der Waals surface area (Å²) in [5, 5.41) is 2.70. The number of esters is 1. The fourth-order valence-corrected chi connectivity index (χ4v) is 2.84. The molecule has 0 heterocycles. The number of nitrogens with zero attached hydrogens (tertiary/aromatic N) is 1. The number of nitrogens with one attached hydrogen (secondary N) is 1. The molecule has 0 aliphatic heterocycles. The lowest BCUT2D eigenvalue weighted by atomic mass is 10.1. The summed E-state index contributed by atoms with van der Waals surface area (Å²) in [6.45, 7) is 4.21. The van der Waals surface area contributed by atoms with Crippen molar-refractivity contribution in [3.8, 4) is 0 Å². The standard InChI is InChI=1S/C16H24N2O5S/c1-12(2)8-9-17-15(19)11-18(24(4,21)22)14-7-5-6-13(10-14)16(20)23-3/h5-7,10,12H,8-9,11H2,1-4H3,(H,17,19). The Morgan fingerprint density at radius 2 is 1.96 bits per heavy atom. The Hall–Kier alpha value is -2.09. The first-order valence-electron chi connectivity index (χ1n) is 7.58. The third kappa shape index (κ3) is 6.19. The predicted molar refractivity (Wildman–Crippen MR) is 92.4 cm³/mol. The number of carbonyl (C=O) groups excluding carboxylic acids is 2. The molecule has 0 saturated carbocycles. The monoisotopic (exact) mass is 356 g/mol. The Labute approximate surface area is 143 Å². The number of rotatable bonds is 8. The molecule has 0 radical (unpaired) electrons. The molecule has 7 nitrogen and oxygen atoms in total. The maximum absolute atomic E-state index is 12.0. The maximum Gasteiger partial charge on any atom is 0.337 e. The normalized spacial score (nSPS) is 11.2. The van der Waals surface area contributed by atoms with Crippen LogP contribution in [0.15, 0.2) is 24.3 Å². The van der Waals surface area contributed by atoms with E-state index in [0.29, 0.717) is 12.5 Å². The van der Waals surface area contributed by atoms with Gasteiger partial charge in [0.1, 0.15) is 6.54 Å². The van der Waals surface area contributed by atoms with Gasteiger partial charge in [-0.25, -0.2) is 13.2 Å². The number of amides is 1. The summed E-state index contributed by atoms with van der Waals surface area (Å²) in [5.74, 6) is -0.538. The van der Waals surface area contributed by atoms with Crippen LogP contribution in [0, 0.1) is 5.92 Å². The lowest BCUT2D eigenvalue weighted by molar-refractivity contribution is -0.119. The van der Waals surface area contributed by atoms with Gasteiger partial charge in [-0.15, -0.1) is 0 Å². The summed E-state index contributed by atoms with van der Waals surface area (Å²) in [4.78, 5) is 23.6. The van der Waals surface area contributed by atoms with E-state index in [4.69, 9.17) is 0 Å². The molecule has 0 atom stereocenters. The van der Waals surface area contributed by atoms with E-state index < -0.39 is 21.9 Å². The molecule has 8 heteroatoms. The molecule has 1 aromatic rings. The predicted octanol–water partition coefficient (Wildman–Crippen LogP) is 1.40. The van der Waals surface area contributed by atoms with Gasteiger partial charge in [0.2, 0.25) is 15.9 Å². The molecule has 1 N–H and O–H groups in total. The Balaban J connectivity index is 2.95. The van der Waals surface area contributed by atoms with Crippen molar-refractivity contribution < 1.29 is 22.7 Å². The van der Waals surface area contributed by atoms with Crippen LogP contribution in [0.4, 0.5) is 5.69 Å². The molecule has 0 aliphatic rings. The van der Waals surface area contributed by atoms with E-state index in [1.54, 1.807) is 0 Å². The van der Waals surface area contributed by atoms with Gasteiger partial charge in [0.25, 0.3) is 0 Å². The van der Waals surface area contributed by atoms with Crippen LogP contribution in [0.25, 0.3) is 0 Å². The van der Waals surface area contributed by atoms with Gasteiger partial charge in [0.15, 0.2) is 0 Å². The molecule has 0 saturated heterocycles. The molecular weight excluding hydrogens is 332 g/mol. The highest BCUT2D eigenvalue weighted by molar-refractivity contribution is 7.92. The number of sulfonamides is 1. The van der Waals surface area contributed by atoms with Crippen LogP contribution in [0.1, 0.15) is 30.6 Å². The average molecular weight is 356 g/mol. The molecule has 0 aromatic heterocycles. The molecule has 0 fully saturated rings. The van der Waals surface area contributed by atoms with Gasteiger partial charge in [-0.1, -0.05) is 19.9 Å². The van der Waals surface area contributed by atoms with Crippen LogP contribution < -0.4 is 9.62 Å². The number of hydrogen-bond donors (Lipinski definition) is 1. The van der Waals surface area contributed by atoms with Crippen molar-refractivity contribution in [1.29, 1.82) is 0 Å². The quantitative estimate of drug-likeness (QED) is 0.711. The Morgan fingerprint density at radius 1 is 1.29 bits per heavy atom. The summed E-state index contributed by atoms with van der Waals surface area (Å²) in [6.07, 6.45) is 1.82. The minimum absolute atomic E-state index is 0.212. The van der Waals surface area contributed by atoms with Gasteiger partial charge < -0.3 is 10.1 Å². The number of anilines is 1. The lowest BCUT2D eigenvalue weighted by Gasteiger charge is -2.22. The van der Waals surface area contributed by atoms with E-state index in [1.807, 2.05) is 13.8 Å². The minimum atomic E-state index is -3.68. The van der Waals surface area contributed by atoms with Crippen LogP contribution in [0.2, 0.25) is 0 Å². The van der Waals surface area contributed by atoms with E-state index in [9.17, 15) is 18.0 Å². The number of methoxy groups -OCH3 is 1. The van der Waals surface area contributed by atoms with Crippen LogP contribution >= 0.6 is 0 Å². The fourth-order valence-electron chi connectivity index (χ4n) is 1.99. The van der Waals surface area contributed by atoms with Crippen LogP contribution in [-0.4, -0.2) is 46.7 Å². The largest absolute Gasteiger partial charge is 0.465 e. The Morgan fingerprint density at radius 3 is 2.50 bits per heavy atom. The highest BCUT2D eigenvalue weighted by Crippen LogP contribution is 2.19. The van der Waals surface area contributed by atoms with Gasteiger partial charge in [-0.2, -0.15) is 0 Å². The zero-order chi connectivity index (χ0) is 18.3. The fraction of sp³-hybridized carbons (Fsp3) is 0.500. The summed E-state index contributed by atoms with van der Waals surface area (Å²) >= 11 is 0. The number of carbonyl (C=O) groups is 2. The van der Waals surface area contributed by atoms with E-state index in [0.717, 1.165) is 17.0 Å². The third-order valence-corrected chi connectivity index (χ3v) is 4.43. The van der Waals surface area contributed by atoms with Crippen molar-refractivity contribution >= 4 is 27.6 Å². The van der Waals surface area contributed by atoms with E-state index in [2.05, 4.69) is 10.1 Å². The molecule has 134 valence electrons. The van der Waals surface area contributed by atoms with E-state index in [-0.39, 0.29) is 17.8 Å². The molecule has 0 spiro atoms. The summed E-state index contributed by atoms with van der Waals surface area (Å²) in [5.41, 5.74) is 0.447. The van der Waals surface area contributed by atoms with Crippen LogP contribution in [0.3, 0.4) is 0 Å². The molecule has 24 heavy (non-hydrogen) atoms. The summed E-state index contributed by atoms with van der Waals surface area (Å²) in [7, 11) is -2.44. The Kier molecular flexibility index (Phi) is 7.21. The van der Waals surface area contributed by atoms with E-state index in [1.165, 1.54) is 31.4 Å². The summed E-state index contributed by atoms with van der Waals surface area (Å²) < 4.78 is 29.6.